The Bertz CT molecular complexity index is 641. The number of rotatable bonds is 2. The molecule has 20 heavy (non-hydrogen) atoms. The van der Waals surface area contributed by atoms with Crippen molar-refractivity contribution in [2.45, 2.75) is 20.8 Å². The van der Waals surface area contributed by atoms with Gasteiger partial charge in [0.25, 0.3) is 5.91 Å². The summed E-state index contributed by atoms with van der Waals surface area (Å²) in [5, 5.41) is 2.09. The van der Waals surface area contributed by atoms with Crippen LogP contribution in [0.15, 0.2) is 36.4 Å². The molecule has 2 rings (SSSR count). The Kier molecular flexibility index (Phi) is 3.71. The molecule has 0 saturated carbocycles. The Morgan fingerprint density at radius 2 is 1.70 bits per heavy atom. The van der Waals surface area contributed by atoms with E-state index in [4.69, 9.17) is 5.73 Å². The zero-order valence-corrected chi connectivity index (χ0v) is 12.6. The number of amides is 1. The third kappa shape index (κ3) is 3.10. The van der Waals surface area contributed by atoms with E-state index in [2.05, 4.69) is 20.8 Å². The first-order valence-corrected chi connectivity index (χ1v) is 6.82. The number of carbonyl (C=O) groups is 1. The lowest BCUT2D eigenvalue weighted by Gasteiger charge is -2.27. The van der Waals surface area contributed by atoms with Gasteiger partial charge in [-0.1, -0.05) is 45.0 Å². The van der Waals surface area contributed by atoms with Crippen molar-refractivity contribution >= 4 is 22.4 Å². The predicted molar refractivity (Wildman–Crippen MR) is 84.8 cm³/mol. The third-order valence-electron chi connectivity index (χ3n) is 3.21. The summed E-state index contributed by atoms with van der Waals surface area (Å²) in [5.41, 5.74) is 7.22. The first kappa shape index (κ1) is 14.4. The summed E-state index contributed by atoms with van der Waals surface area (Å²) in [6, 6.07) is 11.7. The Morgan fingerprint density at radius 3 is 2.25 bits per heavy atom. The molecule has 2 N–H and O–H groups in total. The quantitative estimate of drug-likeness (QED) is 0.848. The number of anilines is 1. The highest BCUT2D eigenvalue weighted by molar-refractivity contribution is 6.03. The minimum absolute atomic E-state index is 0.0248. The van der Waals surface area contributed by atoms with E-state index in [-0.39, 0.29) is 11.3 Å². The standard InChI is InChI=1S/C17H22N2O/c1-17(2,3)11-19(4)16(20)14-9-12-7-5-6-8-13(12)10-15(14)18/h5-10H,11,18H2,1-4H3. The lowest BCUT2D eigenvalue weighted by atomic mass is 9.95. The molecule has 0 aliphatic carbocycles. The van der Waals surface area contributed by atoms with E-state index in [1.807, 2.05) is 43.4 Å². The second-order valence-corrected chi connectivity index (χ2v) is 6.51. The van der Waals surface area contributed by atoms with E-state index in [1.165, 1.54) is 0 Å². The molecule has 1 amide bonds. The molecule has 0 fully saturated rings. The van der Waals surface area contributed by atoms with Crippen LogP contribution >= 0.6 is 0 Å². The van der Waals surface area contributed by atoms with E-state index in [9.17, 15) is 4.79 Å². The van der Waals surface area contributed by atoms with Crippen LogP contribution in [0.25, 0.3) is 10.8 Å². The topological polar surface area (TPSA) is 46.3 Å². The van der Waals surface area contributed by atoms with Gasteiger partial charge in [-0.25, -0.2) is 0 Å². The Balaban J connectivity index is 2.37. The summed E-state index contributed by atoms with van der Waals surface area (Å²) in [6.45, 7) is 7.03. The zero-order valence-electron chi connectivity index (χ0n) is 12.6. The van der Waals surface area contributed by atoms with Crippen molar-refractivity contribution in [3.05, 3.63) is 42.0 Å². The van der Waals surface area contributed by atoms with Crippen LogP contribution < -0.4 is 5.73 Å². The Morgan fingerprint density at radius 1 is 1.15 bits per heavy atom. The van der Waals surface area contributed by atoms with Gasteiger partial charge < -0.3 is 10.6 Å². The van der Waals surface area contributed by atoms with Crippen molar-refractivity contribution < 1.29 is 4.79 Å². The molecular weight excluding hydrogens is 248 g/mol. The highest BCUT2D eigenvalue weighted by Crippen LogP contribution is 2.24. The molecule has 0 saturated heterocycles. The van der Waals surface area contributed by atoms with Gasteiger partial charge >= 0.3 is 0 Å². The fraction of sp³-hybridized carbons (Fsp3) is 0.353. The molecular formula is C17H22N2O. The van der Waals surface area contributed by atoms with Crippen LogP contribution in [-0.2, 0) is 0 Å². The first-order chi connectivity index (χ1) is 9.28. The number of hydrogen-bond donors (Lipinski definition) is 1. The number of benzene rings is 2. The normalized spacial score (nSPS) is 11.6. The predicted octanol–water partition coefficient (Wildman–Crippen LogP) is 3.54. The molecule has 0 aliphatic heterocycles. The number of nitrogens with zero attached hydrogens (tertiary/aromatic N) is 1. The van der Waals surface area contributed by atoms with E-state index in [0.29, 0.717) is 17.8 Å². The van der Waals surface area contributed by atoms with Crippen molar-refractivity contribution in [1.82, 2.24) is 4.90 Å². The lowest BCUT2D eigenvalue weighted by Crippen LogP contribution is -2.34. The van der Waals surface area contributed by atoms with Crippen LogP contribution in [0.1, 0.15) is 31.1 Å². The van der Waals surface area contributed by atoms with Gasteiger partial charge in [-0.2, -0.15) is 0 Å². The van der Waals surface area contributed by atoms with E-state index in [0.717, 1.165) is 10.8 Å². The Hall–Kier alpha value is -2.03. The lowest BCUT2D eigenvalue weighted by molar-refractivity contribution is 0.0747. The van der Waals surface area contributed by atoms with Gasteiger partial charge in [-0.3, -0.25) is 4.79 Å². The molecule has 106 valence electrons. The summed E-state index contributed by atoms with van der Waals surface area (Å²) >= 11 is 0. The van der Waals surface area contributed by atoms with E-state index >= 15 is 0 Å². The molecule has 2 aromatic carbocycles. The second-order valence-electron chi connectivity index (χ2n) is 6.51. The van der Waals surface area contributed by atoms with Crippen molar-refractivity contribution in [2.75, 3.05) is 19.3 Å². The Labute approximate surface area is 120 Å². The molecule has 0 aromatic heterocycles. The average molecular weight is 270 g/mol. The second kappa shape index (κ2) is 5.16. The van der Waals surface area contributed by atoms with Gasteiger partial charge in [-0.05, 0) is 28.3 Å². The van der Waals surface area contributed by atoms with Crippen LogP contribution in [0.2, 0.25) is 0 Å². The van der Waals surface area contributed by atoms with Crippen LogP contribution in [0.3, 0.4) is 0 Å². The summed E-state index contributed by atoms with van der Waals surface area (Å²) in [4.78, 5) is 14.3. The van der Waals surface area contributed by atoms with Gasteiger partial charge in [-0.15, -0.1) is 0 Å². The van der Waals surface area contributed by atoms with Crippen LogP contribution in [0.5, 0.6) is 0 Å². The molecule has 0 unspecified atom stereocenters. The van der Waals surface area contributed by atoms with Gasteiger partial charge in [0, 0.05) is 19.3 Å². The van der Waals surface area contributed by atoms with Crippen molar-refractivity contribution in [3.63, 3.8) is 0 Å². The summed E-state index contributed by atoms with van der Waals surface area (Å²) in [5.74, 6) is -0.0248. The van der Waals surface area contributed by atoms with E-state index < -0.39 is 0 Å². The third-order valence-corrected chi connectivity index (χ3v) is 3.21. The fourth-order valence-electron chi connectivity index (χ4n) is 2.43. The number of nitrogens with two attached hydrogens (primary N) is 1. The molecule has 0 heterocycles. The average Bonchev–Trinajstić information content (AvgIpc) is 2.35. The first-order valence-electron chi connectivity index (χ1n) is 6.82. The van der Waals surface area contributed by atoms with Crippen molar-refractivity contribution in [3.8, 4) is 0 Å². The highest BCUT2D eigenvalue weighted by Gasteiger charge is 2.20. The van der Waals surface area contributed by atoms with E-state index in [1.54, 1.807) is 4.90 Å². The van der Waals surface area contributed by atoms with Crippen LogP contribution in [0, 0.1) is 5.41 Å². The molecule has 0 spiro atoms. The number of nitrogen functional groups attached to an aromatic ring is 1. The van der Waals surface area contributed by atoms with Gasteiger partial charge in [0.15, 0.2) is 0 Å². The smallest absolute Gasteiger partial charge is 0.255 e. The molecule has 3 heteroatoms. The SMILES string of the molecule is CN(CC(C)(C)C)C(=O)c1cc2ccccc2cc1N. The number of carbonyl (C=O) groups excluding carboxylic acids is 1. The minimum Gasteiger partial charge on any atom is -0.398 e. The monoisotopic (exact) mass is 270 g/mol. The maximum absolute atomic E-state index is 12.5. The van der Waals surface area contributed by atoms with Crippen molar-refractivity contribution in [1.29, 1.82) is 0 Å². The molecule has 0 atom stereocenters. The molecule has 0 bridgehead atoms. The fourth-order valence-corrected chi connectivity index (χ4v) is 2.43. The van der Waals surface area contributed by atoms with Gasteiger partial charge in [0.05, 0.1) is 5.56 Å². The zero-order chi connectivity index (χ0) is 14.9. The van der Waals surface area contributed by atoms with Crippen LogP contribution in [0.4, 0.5) is 5.69 Å². The summed E-state index contributed by atoms with van der Waals surface area (Å²) < 4.78 is 0. The highest BCUT2D eigenvalue weighted by atomic mass is 16.2. The molecule has 2 aromatic rings. The van der Waals surface area contributed by atoms with Crippen molar-refractivity contribution in [2.24, 2.45) is 5.41 Å². The molecule has 0 aliphatic rings. The van der Waals surface area contributed by atoms with Crippen LogP contribution in [-0.4, -0.2) is 24.4 Å². The summed E-state index contributed by atoms with van der Waals surface area (Å²) in [6.07, 6.45) is 0. The summed E-state index contributed by atoms with van der Waals surface area (Å²) in [7, 11) is 1.82. The van der Waals surface area contributed by atoms with Gasteiger partial charge in [0.2, 0.25) is 0 Å². The number of hydrogen-bond acceptors (Lipinski definition) is 2. The maximum atomic E-state index is 12.5. The largest absolute Gasteiger partial charge is 0.398 e. The number of fused-ring (bicyclic) bond motifs is 1. The van der Waals surface area contributed by atoms with Gasteiger partial charge in [0.1, 0.15) is 0 Å². The molecule has 3 nitrogen and oxygen atoms in total. The minimum atomic E-state index is -0.0248. The maximum Gasteiger partial charge on any atom is 0.255 e. The molecule has 0 radical (unpaired) electrons.